The lowest BCUT2D eigenvalue weighted by Gasteiger charge is -2.32. The van der Waals surface area contributed by atoms with Crippen LogP contribution in [0.2, 0.25) is 0 Å². The van der Waals surface area contributed by atoms with Crippen LogP contribution in [-0.4, -0.2) is 38.4 Å². The third kappa shape index (κ3) is 4.57. The maximum Gasteiger partial charge on any atom is 0.247 e. The SMILES string of the molecule is Cc1nc2cnccc2n1CC1CCN(C(=O)/C=C(\c2ccccc2)c2cccc(N)c2)CC1. The Bertz CT molecular complexity index is 1330. The second-order valence-electron chi connectivity index (χ2n) is 8.95. The molecule has 0 atom stereocenters. The highest BCUT2D eigenvalue weighted by atomic mass is 16.2. The number of hydrogen-bond donors (Lipinski definition) is 1. The highest BCUT2D eigenvalue weighted by molar-refractivity contribution is 5.99. The number of hydrogen-bond acceptors (Lipinski definition) is 4. The minimum absolute atomic E-state index is 0.0510. The molecular formula is C28H29N5O. The number of benzene rings is 2. The molecular weight excluding hydrogens is 422 g/mol. The topological polar surface area (TPSA) is 77.0 Å². The summed E-state index contributed by atoms with van der Waals surface area (Å²) in [5.74, 6) is 1.58. The molecule has 1 aliphatic rings. The molecule has 2 aromatic heterocycles. The zero-order chi connectivity index (χ0) is 23.5. The summed E-state index contributed by atoms with van der Waals surface area (Å²) in [5.41, 5.74) is 11.6. The highest BCUT2D eigenvalue weighted by Crippen LogP contribution is 2.27. The lowest BCUT2D eigenvalue weighted by Crippen LogP contribution is -2.38. The minimum atomic E-state index is 0.0510. The first-order valence-electron chi connectivity index (χ1n) is 11.8. The molecule has 5 rings (SSSR count). The summed E-state index contributed by atoms with van der Waals surface area (Å²) in [6, 6.07) is 19.8. The number of nitrogens with two attached hydrogens (primary N) is 1. The molecule has 1 amide bonds. The van der Waals surface area contributed by atoms with Crippen molar-refractivity contribution in [3.05, 3.63) is 96.1 Å². The third-order valence-corrected chi connectivity index (χ3v) is 6.66. The fraction of sp³-hybridized carbons (Fsp3) is 0.250. The molecule has 2 N–H and O–H groups in total. The molecule has 3 heterocycles. The van der Waals surface area contributed by atoms with E-state index >= 15 is 0 Å². The van der Waals surface area contributed by atoms with Gasteiger partial charge in [0.05, 0.1) is 11.7 Å². The highest BCUT2D eigenvalue weighted by Gasteiger charge is 2.24. The number of aryl methyl sites for hydroxylation is 1. The Kier molecular flexibility index (Phi) is 6.12. The lowest BCUT2D eigenvalue weighted by atomic mass is 9.95. The van der Waals surface area contributed by atoms with Crippen LogP contribution >= 0.6 is 0 Å². The molecule has 0 radical (unpaired) electrons. The minimum Gasteiger partial charge on any atom is -0.399 e. The summed E-state index contributed by atoms with van der Waals surface area (Å²) in [6.45, 7) is 4.48. The van der Waals surface area contributed by atoms with Crippen molar-refractivity contribution in [1.29, 1.82) is 0 Å². The van der Waals surface area contributed by atoms with Gasteiger partial charge in [0.25, 0.3) is 0 Å². The Balaban J connectivity index is 1.31. The summed E-state index contributed by atoms with van der Waals surface area (Å²) in [6.07, 6.45) is 7.35. The van der Waals surface area contributed by atoms with Crippen molar-refractivity contribution < 1.29 is 4.79 Å². The van der Waals surface area contributed by atoms with E-state index in [9.17, 15) is 4.79 Å². The average Bonchev–Trinajstić information content (AvgIpc) is 3.18. The quantitative estimate of drug-likeness (QED) is 0.353. The number of amides is 1. The number of imidazole rings is 1. The molecule has 6 nitrogen and oxygen atoms in total. The van der Waals surface area contributed by atoms with E-state index in [2.05, 4.69) is 14.5 Å². The Labute approximate surface area is 199 Å². The van der Waals surface area contributed by atoms with Crippen LogP contribution in [0.15, 0.2) is 79.1 Å². The van der Waals surface area contributed by atoms with Gasteiger partial charge in [0, 0.05) is 37.6 Å². The molecule has 172 valence electrons. The van der Waals surface area contributed by atoms with E-state index in [1.165, 1.54) is 0 Å². The van der Waals surface area contributed by atoms with Gasteiger partial charge in [-0.15, -0.1) is 0 Å². The van der Waals surface area contributed by atoms with Crippen molar-refractivity contribution in [2.45, 2.75) is 26.3 Å². The molecule has 0 saturated carbocycles. The number of carbonyl (C=O) groups excluding carboxylic acids is 1. The summed E-state index contributed by atoms with van der Waals surface area (Å²) < 4.78 is 2.28. The van der Waals surface area contributed by atoms with Gasteiger partial charge in [-0.3, -0.25) is 9.78 Å². The van der Waals surface area contributed by atoms with Crippen LogP contribution in [0, 0.1) is 12.8 Å². The number of nitrogen functional groups attached to an aromatic ring is 1. The summed E-state index contributed by atoms with van der Waals surface area (Å²) >= 11 is 0. The van der Waals surface area contributed by atoms with Crippen LogP contribution < -0.4 is 5.73 Å². The Morgan fingerprint density at radius 2 is 1.82 bits per heavy atom. The number of anilines is 1. The summed E-state index contributed by atoms with van der Waals surface area (Å²) in [5, 5.41) is 0. The largest absolute Gasteiger partial charge is 0.399 e. The molecule has 1 aliphatic heterocycles. The third-order valence-electron chi connectivity index (χ3n) is 6.66. The predicted octanol–water partition coefficient (Wildman–Crippen LogP) is 4.69. The van der Waals surface area contributed by atoms with E-state index in [-0.39, 0.29) is 5.91 Å². The first kappa shape index (κ1) is 21.9. The first-order chi connectivity index (χ1) is 16.6. The van der Waals surface area contributed by atoms with Crippen molar-refractivity contribution in [2.24, 2.45) is 5.92 Å². The van der Waals surface area contributed by atoms with Crippen LogP contribution in [0.1, 0.15) is 29.8 Å². The van der Waals surface area contributed by atoms with Crippen molar-refractivity contribution in [3.63, 3.8) is 0 Å². The molecule has 0 aliphatic carbocycles. The molecule has 4 aromatic rings. The van der Waals surface area contributed by atoms with Crippen LogP contribution in [-0.2, 0) is 11.3 Å². The zero-order valence-electron chi connectivity index (χ0n) is 19.4. The second kappa shape index (κ2) is 9.51. The molecule has 1 fully saturated rings. The standard InChI is InChI=1S/C28H29N5O/c1-20-31-26-18-30-13-10-27(26)33(20)19-21-11-14-32(15-12-21)28(34)17-25(22-6-3-2-4-7-22)23-8-5-9-24(29)16-23/h2-10,13,16-18,21H,11-12,14-15,19,29H2,1H3/b25-17+. The number of fused-ring (bicyclic) bond motifs is 1. The number of pyridine rings is 1. The van der Waals surface area contributed by atoms with Crippen LogP contribution in [0.25, 0.3) is 16.6 Å². The Morgan fingerprint density at radius 3 is 2.59 bits per heavy atom. The number of rotatable bonds is 5. The van der Waals surface area contributed by atoms with Gasteiger partial charge in [0.2, 0.25) is 5.91 Å². The molecule has 34 heavy (non-hydrogen) atoms. The molecule has 1 saturated heterocycles. The number of likely N-dealkylation sites (tertiary alicyclic amines) is 1. The van der Waals surface area contributed by atoms with E-state index in [1.807, 2.05) is 84.9 Å². The number of carbonyl (C=O) groups is 1. The van der Waals surface area contributed by atoms with Crippen LogP contribution in [0.3, 0.4) is 0 Å². The number of aromatic nitrogens is 3. The molecule has 0 unspecified atom stereocenters. The first-order valence-corrected chi connectivity index (χ1v) is 11.8. The molecule has 0 bridgehead atoms. The Hall–Kier alpha value is -3.93. The van der Waals surface area contributed by atoms with Crippen LogP contribution in [0.5, 0.6) is 0 Å². The maximum atomic E-state index is 13.3. The average molecular weight is 452 g/mol. The van der Waals surface area contributed by atoms with Crippen molar-refractivity contribution in [3.8, 4) is 0 Å². The zero-order valence-corrected chi connectivity index (χ0v) is 19.4. The number of nitrogens with zero attached hydrogens (tertiary/aromatic N) is 4. The van der Waals surface area contributed by atoms with Gasteiger partial charge in [0.15, 0.2) is 0 Å². The van der Waals surface area contributed by atoms with Gasteiger partial charge in [-0.1, -0.05) is 42.5 Å². The normalized spacial score (nSPS) is 15.1. The maximum absolute atomic E-state index is 13.3. The summed E-state index contributed by atoms with van der Waals surface area (Å²) in [7, 11) is 0. The van der Waals surface area contributed by atoms with Gasteiger partial charge in [-0.25, -0.2) is 4.98 Å². The van der Waals surface area contributed by atoms with Gasteiger partial charge in [0.1, 0.15) is 11.3 Å². The van der Waals surface area contributed by atoms with E-state index in [1.54, 1.807) is 6.08 Å². The van der Waals surface area contributed by atoms with Crippen molar-refractivity contribution >= 4 is 28.2 Å². The monoisotopic (exact) mass is 451 g/mol. The van der Waals surface area contributed by atoms with Crippen molar-refractivity contribution in [2.75, 3.05) is 18.8 Å². The predicted molar refractivity (Wildman–Crippen MR) is 136 cm³/mol. The van der Waals surface area contributed by atoms with Gasteiger partial charge in [-0.2, -0.15) is 0 Å². The van der Waals surface area contributed by atoms with E-state index in [4.69, 9.17) is 5.73 Å². The summed E-state index contributed by atoms with van der Waals surface area (Å²) in [4.78, 5) is 24.1. The van der Waals surface area contributed by atoms with E-state index < -0.39 is 0 Å². The van der Waals surface area contributed by atoms with Crippen molar-refractivity contribution in [1.82, 2.24) is 19.4 Å². The molecule has 0 spiro atoms. The van der Waals surface area contributed by atoms with Gasteiger partial charge in [-0.05, 0) is 60.6 Å². The van der Waals surface area contributed by atoms with E-state index in [0.717, 1.165) is 66.0 Å². The lowest BCUT2D eigenvalue weighted by molar-refractivity contribution is -0.127. The van der Waals surface area contributed by atoms with Crippen LogP contribution in [0.4, 0.5) is 5.69 Å². The fourth-order valence-electron chi connectivity index (χ4n) is 4.80. The van der Waals surface area contributed by atoms with Gasteiger partial charge < -0.3 is 15.2 Å². The Morgan fingerprint density at radius 1 is 1.06 bits per heavy atom. The second-order valence-corrected chi connectivity index (χ2v) is 8.95. The molecule has 2 aromatic carbocycles. The fourth-order valence-corrected chi connectivity index (χ4v) is 4.80. The van der Waals surface area contributed by atoms with E-state index in [0.29, 0.717) is 11.6 Å². The smallest absolute Gasteiger partial charge is 0.247 e. The molecule has 6 heteroatoms. The number of piperidine rings is 1. The van der Waals surface area contributed by atoms with Gasteiger partial charge >= 0.3 is 0 Å².